The maximum atomic E-state index is 13.0. The summed E-state index contributed by atoms with van der Waals surface area (Å²) in [6.07, 6.45) is 0.869. The lowest BCUT2D eigenvalue weighted by Crippen LogP contribution is -2.49. The van der Waals surface area contributed by atoms with Crippen molar-refractivity contribution in [3.05, 3.63) is 34.9 Å². The van der Waals surface area contributed by atoms with E-state index in [0.717, 1.165) is 5.56 Å². The highest BCUT2D eigenvalue weighted by Crippen LogP contribution is 2.40. The average Bonchev–Trinajstić information content (AvgIpc) is 2.59. The van der Waals surface area contributed by atoms with Gasteiger partial charge < -0.3 is 14.9 Å². The number of carbonyl (C=O) groups is 2. The molecule has 1 aromatic rings. The molecule has 1 fully saturated rings. The van der Waals surface area contributed by atoms with Crippen LogP contribution in [0, 0.1) is 5.92 Å². The first-order chi connectivity index (χ1) is 11.5. The third-order valence-electron chi connectivity index (χ3n) is 4.65. The van der Waals surface area contributed by atoms with Crippen molar-refractivity contribution >= 4 is 23.4 Å². The molecule has 132 valence electrons. The van der Waals surface area contributed by atoms with E-state index in [0.29, 0.717) is 37.5 Å². The van der Waals surface area contributed by atoms with Crippen LogP contribution in [-0.2, 0) is 9.59 Å². The number of likely N-dealkylation sites (tertiary alicyclic amines) is 1. The predicted octanol–water partition coefficient (Wildman–Crippen LogP) is 2.48. The maximum absolute atomic E-state index is 13.0. The fourth-order valence-corrected chi connectivity index (χ4v) is 3.71. The summed E-state index contributed by atoms with van der Waals surface area (Å²) in [5.74, 6) is -0.312. The second-order valence-corrected chi connectivity index (χ2v) is 6.34. The minimum absolute atomic E-state index is 0.0255. The van der Waals surface area contributed by atoms with E-state index in [4.69, 9.17) is 11.6 Å². The van der Waals surface area contributed by atoms with Gasteiger partial charge in [-0.3, -0.25) is 9.59 Å². The van der Waals surface area contributed by atoms with E-state index < -0.39 is 0 Å². The molecule has 0 aliphatic carbocycles. The highest BCUT2D eigenvalue weighted by Gasteiger charge is 2.41. The monoisotopic (exact) mass is 352 g/mol. The van der Waals surface area contributed by atoms with E-state index in [1.54, 1.807) is 15.9 Å². The number of aliphatic hydroxyl groups is 1. The van der Waals surface area contributed by atoms with Crippen molar-refractivity contribution in [2.45, 2.75) is 32.7 Å². The van der Waals surface area contributed by atoms with Gasteiger partial charge in [-0.2, -0.15) is 0 Å². The van der Waals surface area contributed by atoms with Crippen LogP contribution in [0.1, 0.15) is 38.3 Å². The molecule has 5 nitrogen and oxygen atoms in total. The van der Waals surface area contributed by atoms with Crippen molar-refractivity contribution in [2.24, 2.45) is 5.92 Å². The molecule has 0 unspecified atom stereocenters. The summed E-state index contributed by atoms with van der Waals surface area (Å²) in [6, 6.07) is 7.03. The smallest absolute Gasteiger partial charge is 0.228 e. The van der Waals surface area contributed by atoms with Crippen LogP contribution in [0.2, 0.25) is 5.02 Å². The third kappa shape index (κ3) is 3.73. The maximum Gasteiger partial charge on any atom is 0.228 e. The number of rotatable bonds is 6. The van der Waals surface area contributed by atoms with E-state index in [1.165, 1.54) is 0 Å². The summed E-state index contributed by atoms with van der Waals surface area (Å²) in [5.41, 5.74) is 0.812. The van der Waals surface area contributed by atoms with Crippen molar-refractivity contribution in [1.82, 2.24) is 9.80 Å². The Morgan fingerprint density at radius 2 is 2.08 bits per heavy atom. The number of benzene rings is 1. The second-order valence-electron chi connectivity index (χ2n) is 5.93. The van der Waals surface area contributed by atoms with Crippen LogP contribution in [0.25, 0.3) is 0 Å². The molecular weight excluding hydrogens is 328 g/mol. The van der Waals surface area contributed by atoms with Crippen LogP contribution in [0.5, 0.6) is 0 Å². The number of halogens is 1. The topological polar surface area (TPSA) is 60.9 Å². The van der Waals surface area contributed by atoms with Crippen LogP contribution >= 0.6 is 11.6 Å². The first-order valence-electron chi connectivity index (χ1n) is 8.48. The lowest BCUT2D eigenvalue weighted by atomic mass is 9.83. The molecular formula is C18H25ClN2O3. The fourth-order valence-electron chi connectivity index (χ4n) is 3.46. The minimum atomic E-state index is -0.356. The molecule has 0 saturated carbocycles. The molecule has 0 bridgehead atoms. The Balaban J connectivity index is 2.42. The highest BCUT2D eigenvalue weighted by molar-refractivity contribution is 6.31. The Morgan fingerprint density at radius 3 is 2.67 bits per heavy atom. The SMILES string of the molecule is CCN(CCO)C(=O)[C@@H]1CCC(=O)N(CC)[C@H]1c1ccccc1Cl. The molecule has 1 heterocycles. The van der Waals surface area contributed by atoms with Gasteiger partial charge in [0.05, 0.1) is 18.6 Å². The number of piperidine rings is 1. The fraction of sp³-hybridized carbons (Fsp3) is 0.556. The van der Waals surface area contributed by atoms with Crippen molar-refractivity contribution < 1.29 is 14.7 Å². The standard InChI is InChI=1S/C18H25ClN2O3/c1-3-20(11-12-22)18(24)14-9-10-16(23)21(4-2)17(14)13-7-5-6-8-15(13)19/h5-8,14,17,22H,3-4,9-12H2,1-2H3/t14-,17+/m1/s1. The van der Waals surface area contributed by atoms with Crippen LogP contribution in [0.4, 0.5) is 0 Å². The Bertz CT molecular complexity index is 593. The molecule has 2 atom stereocenters. The molecule has 0 radical (unpaired) electrons. The second kappa shape index (κ2) is 8.49. The van der Waals surface area contributed by atoms with Crippen LogP contribution < -0.4 is 0 Å². The summed E-state index contributed by atoms with van der Waals surface area (Å²) < 4.78 is 0. The minimum Gasteiger partial charge on any atom is -0.395 e. The van der Waals surface area contributed by atoms with E-state index in [9.17, 15) is 14.7 Å². The van der Waals surface area contributed by atoms with Gasteiger partial charge in [0.15, 0.2) is 0 Å². The van der Waals surface area contributed by atoms with Gasteiger partial charge in [-0.25, -0.2) is 0 Å². The van der Waals surface area contributed by atoms with Gasteiger partial charge in [-0.15, -0.1) is 0 Å². The number of aliphatic hydroxyl groups excluding tert-OH is 1. The summed E-state index contributed by atoms with van der Waals surface area (Å²) in [4.78, 5) is 28.8. The van der Waals surface area contributed by atoms with Gasteiger partial charge in [-0.05, 0) is 31.9 Å². The van der Waals surface area contributed by atoms with Crippen molar-refractivity contribution in [1.29, 1.82) is 0 Å². The lowest BCUT2D eigenvalue weighted by Gasteiger charge is -2.42. The first-order valence-corrected chi connectivity index (χ1v) is 8.86. The number of carbonyl (C=O) groups excluding carboxylic acids is 2. The molecule has 2 amide bonds. The predicted molar refractivity (Wildman–Crippen MR) is 93.6 cm³/mol. The Labute approximate surface area is 148 Å². The number of amides is 2. The molecule has 24 heavy (non-hydrogen) atoms. The van der Waals surface area contributed by atoms with Crippen LogP contribution in [-0.4, -0.2) is 53.0 Å². The average molecular weight is 353 g/mol. The van der Waals surface area contributed by atoms with Gasteiger partial charge in [0.2, 0.25) is 11.8 Å². The molecule has 1 aliphatic heterocycles. The van der Waals surface area contributed by atoms with E-state index in [-0.39, 0.29) is 30.4 Å². The largest absolute Gasteiger partial charge is 0.395 e. The Morgan fingerprint density at radius 1 is 1.38 bits per heavy atom. The lowest BCUT2D eigenvalue weighted by molar-refractivity contribution is -0.148. The van der Waals surface area contributed by atoms with Gasteiger partial charge in [0, 0.05) is 31.1 Å². The molecule has 6 heteroatoms. The summed E-state index contributed by atoms with van der Waals surface area (Å²) in [5, 5.41) is 9.77. The Kier molecular flexibility index (Phi) is 6.63. The molecule has 2 rings (SSSR count). The zero-order valence-corrected chi connectivity index (χ0v) is 15.0. The van der Waals surface area contributed by atoms with Crippen LogP contribution in [0.15, 0.2) is 24.3 Å². The third-order valence-corrected chi connectivity index (χ3v) is 5.00. The number of hydrogen-bond acceptors (Lipinski definition) is 3. The van der Waals surface area contributed by atoms with E-state index in [2.05, 4.69) is 0 Å². The summed E-state index contributed by atoms with van der Waals surface area (Å²) >= 11 is 6.37. The summed E-state index contributed by atoms with van der Waals surface area (Å²) in [7, 11) is 0. The highest BCUT2D eigenvalue weighted by atomic mass is 35.5. The molecule has 0 aromatic heterocycles. The molecule has 1 N–H and O–H groups in total. The molecule has 1 saturated heterocycles. The number of nitrogens with zero attached hydrogens (tertiary/aromatic N) is 2. The van der Waals surface area contributed by atoms with Crippen molar-refractivity contribution in [3.63, 3.8) is 0 Å². The van der Waals surface area contributed by atoms with Gasteiger partial charge in [-0.1, -0.05) is 29.8 Å². The van der Waals surface area contributed by atoms with Gasteiger partial charge in [0.25, 0.3) is 0 Å². The van der Waals surface area contributed by atoms with Crippen LogP contribution in [0.3, 0.4) is 0 Å². The van der Waals surface area contributed by atoms with E-state index in [1.807, 2.05) is 32.0 Å². The van der Waals surface area contributed by atoms with Crippen molar-refractivity contribution in [3.8, 4) is 0 Å². The van der Waals surface area contributed by atoms with Crippen molar-refractivity contribution in [2.75, 3.05) is 26.2 Å². The molecule has 1 aromatic carbocycles. The zero-order chi connectivity index (χ0) is 17.7. The summed E-state index contributed by atoms with van der Waals surface area (Å²) in [6.45, 7) is 5.11. The van der Waals surface area contributed by atoms with E-state index >= 15 is 0 Å². The quantitative estimate of drug-likeness (QED) is 0.855. The van der Waals surface area contributed by atoms with Gasteiger partial charge in [0.1, 0.15) is 0 Å². The van der Waals surface area contributed by atoms with Gasteiger partial charge >= 0.3 is 0 Å². The first kappa shape index (κ1) is 18.7. The number of likely N-dealkylation sites (N-methyl/N-ethyl adjacent to an activating group) is 1. The number of hydrogen-bond donors (Lipinski definition) is 1. The zero-order valence-electron chi connectivity index (χ0n) is 14.2. The normalized spacial score (nSPS) is 21.0. The Hall–Kier alpha value is -1.59. The molecule has 1 aliphatic rings. The molecule has 0 spiro atoms.